The van der Waals surface area contributed by atoms with Crippen LogP contribution < -0.4 is 25.7 Å². The van der Waals surface area contributed by atoms with Crippen molar-refractivity contribution in [1.29, 1.82) is 0 Å². The Morgan fingerprint density at radius 1 is 0.967 bits per heavy atom. The Morgan fingerprint density at radius 3 is 2.43 bits per heavy atom. The van der Waals surface area contributed by atoms with E-state index in [1.807, 2.05) is 42.1 Å². The molecule has 0 unspecified atom stereocenters. The van der Waals surface area contributed by atoms with E-state index in [0.717, 1.165) is 22.6 Å². The zero-order chi connectivity index (χ0) is 21.3. The zero-order valence-corrected chi connectivity index (χ0v) is 17.9. The first kappa shape index (κ1) is 21.6. The molecule has 0 aliphatic rings. The van der Waals surface area contributed by atoms with Gasteiger partial charge >= 0.3 is 0 Å². The molecule has 0 radical (unpaired) electrons. The third kappa shape index (κ3) is 5.70. The Kier molecular flexibility index (Phi) is 7.62. The normalized spacial score (nSPS) is 10.6. The first-order valence-corrected chi connectivity index (χ1v) is 10.6. The van der Waals surface area contributed by atoms with Gasteiger partial charge < -0.3 is 25.7 Å². The number of nitrogen functional groups attached to an aromatic ring is 2. The number of anilines is 2. The van der Waals surface area contributed by atoms with E-state index in [-0.39, 0.29) is 5.95 Å². The van der Waals surface area contributed by atoms with E-state index >= 15 is 0 Å². The van der Waals surface area contributed by atoms with Gasteiger partial charge in [0, 0.05) is 29.7 Å². The van der Waals surface area contributed by atoms with Gasteiger partial charge in [0.05, 0.1) is 20.8 Å². The van der Waals surface area contributed by atoms with Crippen LogP contribution in [0.15, 0.2) is 48.7 Å². The monoisotopic (exact) mass is 426 g/mol. The SMILES string of the molecule is COc1cc(Cc2cnc(N)nc2N)cc(OCCSCc2ccccc2)c1OC. The third-order valence-electron chi connectivity index (χ3n) is 4.41. The Morgan fingerprint density at radius 2 is 1.73 bits per heavy atom. The lowest BCUT2D eigenvalue weighted by Gasteiger charge is -2.16. The van der Waals surface area contributed by atoms with Crippen LogP contribution in [0.3, 0.4) is 0 Å². The summed E-state index contributed by atoms with van der Waals surface area (Å²) in [6.07, 6.45) is 2.15. The van der Waals surface area contributed by atoms with E-state index in [1.165, 1.54) is 5.56 Å². The van der Waals surface area contributed by atoms with Gasteiger partial charge in [-0.05, 0) is 23.3 Å². The van der Waals surface area contributed by atoms with Crippen LogP contribution >= 0.6 is 11.8 Å². The van der Waals surface area contributed by atoms with Crippen molar-refractivity contribution in [3.05, 3.63) is 65.4 Å². The molecule has 0 saturated carbocycles. The average Bonchev–Trinajstić information content (AvgIpc) is 2.75. The number of benzene rings is 2. The summed E-state index contributed by atoms with van der Waals surface area (Å²) in [7, 11) is 3.20. The van der Waals surface area contributed by atoms with Crippen molar-refractivity contribution in [3.8, 4) is 17.2 Å². The van der Waals surface area contributed by atoms with Gasteiger partial charge in [0.15, 0.2) is 11.5 Å². The molecule has 0 atom stereocenters. The minimum absolute atomic E-state index is 0.153. The van der Waals surface area contributed by atoms with Gasteiger partial charge in [-0.25, -0.2) is 4.98 Å². The smallest absolute Gasteiger partial charge is 0.221 e. The number of aromatic nitrogens is 2. The number of methoxy groups -OCH3 is 2. The van der Waals surface area contributed by atoms with Gasteiger partial charge in [0.25, 0.3) is 0 Å². The van der Waals surface area contributed by atoms with Gasteiger partial charge in [-0.2, -0.15) is 16.7 Å². The fourth-order valence-electron chi connectivity index (χ4n) is 2.96. The Hall–Kier alpha value is -3.13. The van der Waals surface area contributed by atoms with Crippen molar-refractivity contribution in [3.63, 3.8) is 0 Å². The lowest BCUT2D eigenvalue weighted by Crippen LogP contribution is -2.06. The van der Waals surface area contributed by atoms with Crippen LogP contribution in [0.1, 0.15) is 16.7 Å². The second kappa shape index (κ2) is 10.6. The summed E-state index contributed by atoms with van der Waals surface area (Å²) in [5.74, 6) is 4.09. The van der Waals surface area contributed by atoms with Crippen molar-refractivity contribution in [1.82, 2.24) is 9.97 Å². The van der Waals surface area contributed by atoms with Gasteiger partial charge in [0.1, 0.15) is 5.82 Å². The molecule has 30 heavy (non-hydrogen) atoms. The fraction of sp³-hybridized carbons (Fsp3) is 0.273. The molecule has 4 N–H and O–H groups in total. The fourth-order valence-corrected chi connectivity index (χ4v) is 3.73. The van der Waals surface area contributed by atoms with Crippen LogP contribution in [0.2, 0.25) is 0 Å². The van der Waals surface area contributed by atoms with Gasteiger partial charge in [-0.15, -0.1) is 0 Å². The number of hydrogen-bond acceptors (Lipinski definition) is 8. The molecule has 7 nitrogen and oxygen atoms in total. The predicted octanol–water partition coefficient (Wildman–Crippen LogP) is 3.56. The number of nitrogens with zero attached hydrogens (tertiary/aromatic N) is 2. The largest absolute Gasteiger partial charge is 0.493 e. The van der Waals surface area contributed by atoms with Crippen molar-refractivity contribution in [2.24, 2.45) is 0 Å². The molecular weight excluding hydrogens is 400 g/mol. The Bertz CT molecular complexity index is 970. The van der Waals surface area contributed by atoms with Crippen LogP contribution in [0.25, 0.3) is 0 Å². The molecule has 3 rings (SSSR count). The molecule has 0 aliphatic heterocycles. The maximum absolute atomic E-state index is 6.03. The third-order valence-corrected chi connectivity index (χ3v) is 5.41. The molecule has 0 amide bonds. The van der Waals surface area contributed by atoms with Crippen LogP contribution in [0, 0.1) is 0 Å². The maximum atomic E-state index is 6.03. The second-order valence-corrected chi connectivity index (χ2v) is 7.64. The first-order valence-electron chi connectivity index (χ1n) is 9.47. The molecule has 2 aromatic carbocycles. The van der Waals surface area contributed by atoms with Gasteiger partial charge in [-0.1, -0.05) is 30.3 Å². The van der Waals surface area contributed by atoms with Crippen LogP contribution in [0.5, 0.6) is 17.2 Å². The average molecular weight is 427 g/mol. The number of ether oxygens (including phenoxy) is 3. The Labute approximate surface area is 180 Å². The minimum atomic E-state index is 0.153. The maximum Gasteiger partial charge on any atom is 0.221 e. The lowest BCUT2D eigenvalue weighted by atomic mass is 10.1. The van der Waals surface area contributed by atoms with E-state index in [9.17, 15) is 0 Å². The van der Waals surface area contributed by atoms with Gasteiger partial charge in [0.2, 0.25) is 11.7 Å². The van der Waals surface area contributed by atoms with E-state index in [1.54, 1.807) is 20.4 Å². The van der Waals surface area contributed by atoms with E-state index < -0.39 is 0 Å². The van der Waals surface area contributed by atoms with Crippen LogP contribution in [0.4, 0.5) is 11.8 Å². The zero-order valence-electron chi connectivity index (χ0n) is 17.1. The number of thioether (sulfide) groups is 1. The summed E-state index contributed by atoms with van der Waals surface area (Å²) >= 11 is 1.82. The number of hydrogen-bond donors (Lipinski definition) is 2. The molecule has 3 aromatic rings. The van der Waals surface area contributed by atoms with E-state index in [0.29, 0.717) is 36.1 Å². The quantitative estimate of drug-likeness (QED) is 0.474. The molecule has 0 aliphatic carbocycles. The summed E-state index contributed by atoms with van der Waals surface area (Å²) in [6.45, 7) is 0.549. The first-order chi connectivity index (χ1) is 14.6. The molecule has 0 fully saturated rings. The number of rotatable bonds is 10. The minimum Gasteiger partial charge on any atom is -0.493 e. The van der Waals surface area contributed by atoms with Crippen molar-refractivity contribution < 1.29 is 14.2 Å². The second-order valence-electron chi connectivity index (χ2n) is 6.53. The summed E-state index contributed by atoms with van der Waals surface area (Å²) in [5.41, 5.74) is 14.6. The molecule has 158 valence electrons. The predicted molar refractivity (Wildman–Crippen MR) is 121 cm³/mol. The summed E-state index contributed by atoms with van der Waals surface area (Å²) in [5, 5.41) is 0. The highest BCUT2D eigenvalue weighted by Gasteiger charge is 2.15. The molecule has 1 aromatic heterocycles. The van der Waals surface area contributed by atoms with Crippen molar-refractivity contribution in [2.45, 2.75) is 12.2 Å². The molecule has 1 heterocycles. The molecule has 0 spiro atoms. The van der Waals surface area contributed by atoms with E-state index in [4.69, 9.17) is 25.7 Å². The molecule has 0 bridgehead atoms. The van der Waals surface area contributed by atoms with Crippen LogP contribution in [-0.2, 0) is 12.2 Å². The highest BCUT2D eigenvalue weighted by molar-refractivity contribution is 7.98. The number of nitrogens with two attached hydrogens (primary N) is 2. The summed E-state index contributed by atoms with van der Waals surface area (Å²) in [6, 6.07) is 14.2. The van der Waals surface area contributed by atoms with Crippen molar-refractivity contribution in [2.75, 3.05) is 38.0 Å². The molecular formula is C22H26N4O3S. The van der Waals surface area contributed by atoms with E-state index in [2.05, 4.69) is 22.1 Å². The van der Waals surface area contributed by atoms with Crippen LogP contribution in [-0.4, -0.2) is 36.5 Å². The molecule has 8 heteroatoms. The Balaban J connectivity index is 1.68. The molecule has 0 saturated heterocycles. The lowest BCUT2D eigenvalue weighted by molar-refractivity contribution is 0.298. The topological polar surface area (TPSA) is 106 Å². The summed E-state index contributed by atoms with van der Waals surface area (Å²) in [4.78, 5) is 8.04. The highest BCUT2D eigenvalue weighted by Crippen LogP contribution is 2.39. The van der Waals surface area contributed by atoms with Crippen molar-refractivity contribution >= 4 is 23.5 Å². The summed E-state index contributed by atoms with van der Waals surface area (Å²) < 4.78 is 17.0. The standard InChI is InChI=1S/C22H26N4O3S/c1-27-18-11-16(10-17-13-25-22(24)26-21(17)23)12-19(20(18)28-2)29-8-9-30-14-15-6-4-3-5-7-15/h3-7,11-13H,8-10,14H2,1-2H3,(H4,23,24,25,26). The van der Waals surface area contributed by atoms with Gasteiger partial charge in [-0.3, -0.25) is 0 Å². The highest BCUT2D eigenvalue weighted by atomic mass is 32.2.